The SMILES string of the molecule is O=C(CCCc1cc(C(F)(F)F)nn1-c1ccccc1O)Nc1cc(O)cc(O)c1O. The van der Waals surface area contributed by atoms with E-state index in [2.05, 4.69) is 10.4 Å². The molecule has 0 atom stereocenters. The van der Waals surface area contributed by atoms with E-state index in [4.69, 9.17) is 0 Å². The number of hydrogen-bond donors (Lipinski definition) is 5. The van der Waals surface area contributed by atoms with Gasteiger partial charge in [-0.05, 0) is 31.0 Å². The standard InChI is InChI=1S/C20H18F3N3O5/c21-20(22,23)17-8-11(26(25-17)14-5-1-2-6-15(14)28)4-3-7-18(30)24-13-9-12(27)10-16(29)19(13)31/h1-2,5-6,8-10,27-29,31H,3-4,7H2,(H,24,30). The number of benzene rings is 2. The van der Waals surface area contributed by atoms with Crippen LogP contribution in [-0.2, 0) is 17.4 Å². The van der Waals surface area contributed by atoms with Gasteiger partial charge in [-0.2, -0.15) is 18.3 Å². The number of aryl methyl sites for hydroxylation is 1. The molecule has 0 spiro atoms. The van der Waals surface area contributed by atoms with Crippen molar-refractivity contribution in [1.82, 2.24) is 9.78 Å². The number of phenolic OH excluding ortho intramolecular Hbond substituents is 4. The molecule has 0 bridgehead atoms. The molecule has 0 fully saturated rings. The van der Waals surface area contributed by atoms with E-state index in [9.17, 15) is 38.4 Å². The van der Waals surface area contributed by atoms with Gasteiger partial charge >= 0.3 is 6.18 Å². The second-order valence-electron chi connectivity index (χ2n) is 6.68. The molecule has 3 rings (SSSR count). The van der Waals surface area contributed by atoms with Crippen LogP contribution in [0.1, 0.15) is 24.2 Å². The molecule has 8 nitrogen and oxygen atoms in total. The third kappa shape index (κ3) is 5.00. The highest BCUT2D eigenvalue weighted by Crippen LogP contribution is 2.37. The molecule has 5 N–H and O–H groups in total. The molecule has 0 aliphatic rings. The third-order valence-corrected chi connectivity index (χ3v) is 4.37. The summed E-state index contributed by atoms with van der Waals surface area (Å²) >= 11 is 0. The highest BCUT2D eigenvalue weighted by atomic mass is 19.4. The lowest BCUT2D eigenvalue weighted by molar-refractivity contribution is -0.141. The van der Waals surface area contributed by atoms with Crippen molar-refractivity contribution >= 4 is 11.6 Å². The summed E-state index contributed by atoms with van der Waals surface area (Å²) < 4.78 is 40.4. The Labute approximate surface area is 173 Å². The van der Waals surface area contributed by atoms with Gasteiger partial charge in [0.25, 0.3) is 0 Å². The van der Waals surface area contributed by atoms with Crippen molar-refractivity contribution in [2.75, 3.05) is 5.32 Å². The molecule has 31 heavy (non-hydrogen) atoms. The topological polar surface area (TPSA) is 128 Å². The highest BCUT2D eigenvalue weighted by molar-refractivity contribution is 5.93. The first-order chi connectivity index (χ1) is 14.6. The lowest BCUT2D eigenvalue weighted by Gasteiger charge is -2.10. The van der Waals surface area contributed by atoms with Gasteiger partial charge in [0, 0.05) is 24.2 Å². The predicted octanol–water partition coefficient (Wildman–Crippen LogP) is 3.67. The van der Waals surface area contributed by atoms with Crippen LogP contribution in [0.5, 0.6) is 23.0 Å². The van der Waals surface area contributed by atoms with Gasteiger partial charge in [-0.3, -0.25) is 4.79 Å². The molecule has 3 aromatic rings. The number of carbonyl (C=O) groups excluding carboxylic acids is 1. The fraction of sp³-hybridized carbons (Fsp3) is 0.200. The summed E-state index contributed by atoms with van der Waals surface area (Å²) in [5, 5.41) is 44.5. The van der Waals surface area contributed by atoms with Crippen molar-refractivity contribution in [3.8, 4) is 28.7 Å². The Morgan fingerprint density at radius 2 is 1.74 bits per heavy atom. The van der Waals surface area contributed by atoms with Gasteiger partial charge < -0.3 is 25.7 Å². The van der Waals surface area contributed by atoms with E-state index in [-0.39, 0.29) is 47.8 Å². The van der Waals surface area contributed by atoms with E-state index in [0.29, 0.717) is 0 Å². The molecule has 2 aromatic carbocycles. The van der Waals surface area contributed by atoms with E-state index in [1.807, 2.05) is 0 Å². The Balaban J connectivity index is 1.74. The molecule has 0 aliphatic heterocycles. The highest BCUT2D eigenvalue weighted by Gasteiger charge is 2.35. The minimum Gasteiger partial charge on any atom is -0.508 e. The number of nitrogens with zero attached hydrogens (tertiary/aromatic N) is 2. The summed E-state index contributed by atoms with van der Waals surface area (Å²) in [6.45, 7) is 0. The predicted molar refractivity (Wildman–Crippen MR) is 103 cm³/mol. The van der Waals surface area contributed by atoms with Gasteiger partial charge in [-0.1, -0.05) is 12.1 Å². The maximum absolute atomic E-state index is 13.1. The lowest BCUT2D eigenvalue weighted by Crippen LogP contribution is -2.12. The number of amides is 1. The van der Waals surface area contributed by atoms with Gasteiger partial charge in [0.15, 0.2) is 17.2 Å². The fourth-order valence-electron chi connectivity index (χ4n) is 2.93. The average Bonchev–Trinajstić information content (AvgIpc) is 3.10. The number of alkyl halides is 3. The van der Waals surface area contributed by atoms with Crippen molar-refractivity contribution in [1.29, 1.82) is 0 Å². The molecule has 0 saturated carbocycles. The maximum Gasteiger partial charge on any atom is 0.435 e. The molecule has 0 saturated heterocycles. The van der Waals surface area contributed by atoms with E-state index >= 15 is 0 Å². The van der Waals surface area contributed by atoms with E-state index in [1.165, 1.54) is 18.2 Å². The first-order valence-corrected chi connectivity index (χ1v) is 9.05. The quantitative estimate of drug-likeness (QED) is 0.296. The number of anilines is 1. The zero-order valence-corrected chi connectivity index (χ0v) is 15.9. The van der Waals surface area contributed by atoms with E-state index in [0.717, 1.165) is 22.9 Å². The van der Waals surface area contributed by atoms with Crippen LogP contribution in [0, 0.1) is 0 Å². The van der Waals surface area contributed by atoms with Gasteiger partial charge in [-0.25, -0.2) is 4.68 Å². The number of nitrogens with one attached hydrogen (secondary N) is 1. The molecule has 0 aliphatic carbocycles. The summed E-state index contributed by atoms with van der Waals surface area (Å²) in [6.07, 6.45) is -4.67. The maximum atomic E-state index is 13.1. The van der Waals surface area contributed by atoms with Gasteiger partial charge in [-0.15, -0.1) is 0 Å². The van der Waals surface area contributed by atoms with Gasteiger partial charge in [0.05, 0.1) is 5.69 Å². The van der Waals surface area contributed by atoms with Crippen LogP contribution in [0.2, 0.25) is 0 Å². The van der Waals surface area contributed by atoms with Crippen molar-refractivity contribution < 1.29 is 38.4 Å². The van der Waals surface area contributed by atoms with E-state index in [1.54, 1.807) is 6.07 Å². The number of halogens is 3. The Bertz CT molecular complexity index is 1110. The zero-order valence-electron chi connectivity index (χ0n) is 15.9. The largest absolute Gasteiger partial charge is 0.508 e. The number of rotatable bonds is 6. The Morgan fingerprint density at radius 1 is 1.03 bits per heavy atom. The first-order valence-electron chi connectivity index (χ1n) is 9.05. The number of aromatic nitrogens is 2. The number of phenols is 4. The first kappa shape index (κ1) is 21.8. The van der Waals surface area contributed by atoms with Crippen LogP contribution in [0.15, 0.2) is 42.5 Å². The normalized spacial score (nSPS) is 11.5. The summed E-state index contributed by atoms with van der Waals surface area (Å²) in [6, 6.07) is 8.57. The second-order valence-corrected chi connectivity index (χ2v) is 6.68. The summed E-state index contributed by atoms with van der Waals surface area (Å²) in [4.78, 5) is 12.1. The van der Waals surface area contributed by atoms with Crippen molar-refractivity contribution in [2.45, 2.75) is 25.4 Å². The minimum absolute atomic E-state index is 0.0299. The molecular weight excluding hydrogens is 419 g/mol. The van der Waals surface area contributed by atoms with Crippen LogP contribution in [0.25, 0.3) is 5.69 Å². The fourth-order valence-corrected chi connectivity index (χ4v) is 2.93. The second kappa shape index (κ2) is 8.46. The molecular formula is C20H18F3N3O5. The molecule has 1 aromatic heterocycles. The number of hydrogen-bond acceptors (Lipinski definition) is 6. The lowest BCUT2D eigenvalue weighted by atomic mass is 10.1. The minimum atomic E-state index is -4.68. The molecule has 11 heteroatoms. The van der Waals surface area contributed by atoms with Crippen LogP contribution < -0.4 is 5.32 Å². The van der Waals surface area contributed by atoms with Crippen LogP contribution in [0.3, 0.4) is 0 Å². The van der Waals surface area contributed by atoms with Crippen LogP contribution >= 0.6 is 0 Å². The summed E-state index contributed by atoms with van der Waals surface area (Å²) in [5.74, 6) is -2.47. The smallest absolute Gasteiger partial charge is 0.435 e. The monoisotopic (exact) mass is 437 g/mol. The number of para-hydroxylation sites is 2. The van der Waals surface area contributed by atoms with Crippen LogP contribution in [-0.4, -0.2) is 36.1 Å². The van der Waals surface area contributed by atoms with Crippen molar-refractivity contribution in [2.24, 2.45) is 0 Å². The van der Waals surface area contributed by atoms with Gasteiger partial charge in [0.2, 0.25) is 5.91 Å². The Kier molecular flexibility index (Phi) is 5.95. The van der Waals surface area contributed by atoms with Crippen LogP contribution in [0.4, 0.5) is 18.9 Å². The average molecular weight is 437 g/mol. The molecule has 0 radical (unpaired) electrons. The molecule has 1 amide bonds. The van der Waals surface area contributed by atoms with Gasteiger partial charge in [0.1, 0.15) is 17.2 Å². The Hall–Kier alpha value is -3.89. The van der Waals surface area contributed by atoms with Crippen molar-refractivity contribution in [3.05, 3.63) is 53.9 Å². The number of aromatic hydroxyl groups is 4. The molecule has 1 heterocycles. The van der Waals surface area contributed by atoms with E-state index < -0.39 is 29.3 Å². The summed E-state index contributed by atoms with van der Waals surface area (Å²) in [7, 11) is 0. The molecule has 164 valence electrons. The zero-order chi connectivity index (χ0) is 22.8. The summed E-state index contributed by atoms with van der Waals surface area (Å²) in [5.41, 5.74) is -1.13. The molecule has 0 unspecified atom stereocenters. The number of carbonyl (C=O) groups is 1. The van der Waals surface area contributed by atoms with Crippen molar-refractivity contribution in [3.63, 3.8) is 0 Å². The Morgan fingerprint density at radius 3 is 2.42 bits per heavy atom. The third-order valence-electron chi connectivity index (χ3n) is 4.37.